The van der Waals surface area contributed by atoms with Crippen LogP contribution in [0.2, 0.25) is 0 Å². The van der Waals surface area contributed by atoms with Gasteiger partial charge in [-0.1, -0.05) is 12.0 Å². The zero-order valence-corrected chi connectivity index (χ0v) is 16.9. The third-order valence-corrected chi connectivity index (χ3v) is 5.09. The molecule has 0 amide bonds. The Balaban J connectivity index is 1.53. The average molecular weight is 402 g/mol. The summed E-state index contributed by atoms with van der Waals surface area (Å²) in [4.78, 5) is 26.3. The van der Waals surface area contributed by atoms with Gasteiger partial charge in [-0.3, -0.25) is 9.79 Å². The van der Waals surface area contributed by atoms with Gasteiger partial charge in [0.1, 0.15) is 29.6 Å². The van der Waals surface area contributed by atoms with E-state index in [1.54, 1.807) is 19.1 Å². The number of Topliss-reactive ketones (excluding diaryl/α,β-unsaturated/α-hetero) is 1. The number of nitrogens with two attached hydrogens (primary N) is 1. The van der Waals surface area contributed by atoms with Gasteiger partial charge < -0.3 is 15.2 Å². The van der Waals surface area contributed by atoms with E-state index in [1.165, 1.54) is 6.20 Å². The molecule has 152 valence electrons. The van der Waals surface area contributed by atoms with E-state index < -0.39 is 5.66 Å². The highest BCUT2D eigenvalue weighted by molar-refractivity contribution is 6.41. The lowest BCUT2D eigenvalue weighted by Gasteiger charge is -2.31. The fraction of sp³-hybridized carbons (Fsp3) is 0.304. The van der Waals surface area contributed by atoms with Crippen molar-refractivity contribution in [1.82, 2.24) is 4.98 Å². The molecule has 0 saturated heterocycles. The van der Waals surface area contributed by atoms with Crippen LogP contribution in [0, 0.1) is 11.8 Å². The van der Waals surface area contributed by atoms with Gasteiger partial charge in [0.05, 0.1) is 18.5 Å². The molecular formula is C23H22N4O3. The molecule has 0 aliphatic carbocycles. The number of aromatic nitrogens is 1. The smallest absolute Gasteiger partial charge is 0.185 e. The number of ketones is 1. The van der Waals surface area contributed by atoms with Gasteiger partial charge in [0.15, 0.2) is 11.4 Å². The number of hydrogen-bond acceptors (Lipinski definition) is 7. The maximum Gasteiger partial charge on any atom is 0.185 e. The number of rotatable bonds is 5. The number of fused-ring (bicyclic) bond motifs is 2. The standard InChI is InChI=1S/C23H22N4O3/c1-3-4-10-29-17-6-7-19(25-14-17)20(28)13-16-5-8-21-18(12-16)23(9-11-30-21)26-15(2)22(24)27-23/h5-8,12,14H,9-11,13H2,1-2H3,(H2,24,27). The zero-order valence-electron chi connectivity index (χ0n) is 16.9. The van der Waals surface area contributed by atoms with Crippen LogP contribution in [0.4, 0.5) is 0 Å². The van der Waals surface area contributed by atoms with Crippen LogP contribution in [-0.2, 0) is 12.1 Å². The van der Waals surface area contributed by atoms with Crippen LogP contribution in [0.1, 0.15) is 41.9 Å². The second kappa shape index (κ2) is 7.99. The van der Waals surface area contributed by atoms with Gasteiger partial charge in [0.25, 0.3) is 0 Å². The van der Waals surface area contributed by atoms with Crippen molar-refractivity contribution in [3.63, 3.8) is 0 Å². The van der Waals surface area contributed by atoms with Gasteiger partial charge >= 0.3 is 0 Å². The number of aliphatic imine (C=N–C) groups is 2. The van der Waals surface area contributed by atoms with Crippen molar-refractivity contribution in [1.29, 1.82) is 0 Å². The quantitative estimate of drug-likeness (QED) is 0.612. The van der Waals surface area contributed by atoms with E-state index in [-0.39, 0.29) is 12.2 Å². The second-order valence-electron chi connectivity index (χ2n) is 7.13. The predicted octanol–water partition coefficient (Wildman–Crippen LogP) is 2.68. The fourth-order valence-corrected chi connectivity index (χ4v) is 3.53. The lowest BCUT2D eigenvalue weighted by atomic mass is 9.91. The first-order valence-corrected chi connectivity index (χ1v) is 9.71. The van der Waals surface area contributed by atoms with Gasteiger partial charge in [-0.25, -0.2) is 9.98 Å². The van der Waals surface area contributed by atoms with Crippen LogP contribution in [0.15, 0.2) is 46.5 Å². The lowest BCUT2D eigenvalue weighted by molar-refractivity contribution is 0.0988. The summed E-state index contributed by atoms with van der Waals surface area (Å²) in [5, 5.41) is 0. The Morgan fingerprint density at radius 2 is 2.17 bits per heavy atom. The summed E-state index contributed by atoms with van der Waals surface area (Å²) in [5.74, 6) is 7.23. The minimum atomic E-state index is -0.751. The summed E-state index contributed by atoms with van der Waals surface area (Å²) in [5.41, 5.74) is 8.02. The Bertz CT molecular complexity index is 1090. The van der Waals surface area contributed by atoms with E-state index in [0.29, 0.717) is 36.9 Å². The Labute approximate surface area is 175 Å². The molecule has 1 spiro atoms. The van der Waals surface area contributed by atoms with E-state index in [2.05, 4.69) is 21.8 Å². The highest BCUT2D eigenvalue weighted by Gasteiger charge is 2.41. The summed E-state index contributed by atoms with van der Waals surface area (Å²) >= 11 is 0. The number of hydrogen-bond donors (Lipinski definition) is 1. The van der Waals surface area contributed by atoms with Gasteiger partial charge in [-0.15, -0.1) is 5.92 Å². The van der Waals surface area contributed by atoms with Crippen LogP contribution in [0.5, 0.6) is 11.5 Å². The molecule has 0 fully saturated rings. The van der Waals surface area contributed by atoms with E-state index in [1.807, 2.05) is 25.1 Å². The van der Waals surface area contributed by atoms with Crippen molar-refractivity contribution >= 4 is 17.3 Å². The monoisotopic (exact) mass is 402 g/mol. The summed E-state index contributed by atoms with van der Waals surface area (Å²) in [7, 11) is 0. The number of carbonyl (C=O) groups is 1. The highest BCUT2D eigenvalue weighted by Crippen LogP contribution is 2.43. The molecule has 2 N–H and O–H groups in total. The van der Waals surface area contributed by atoms with Gasteiger partial charge in [-0.05, 0) is 43.7 Å². The molecule has 1 aromatic heterocycles. The van der Waals surface area contributed by atoms with Gasteiger partial charge in [0.2, 0.25) is 0 Å². The third-order valence-electron chi connectivity index (χ3n) is 5.09. The molecular weight excluding hydrogens is 380 g/mol. The molecule has 0 saturated carbocycles. The molecule has 2 aromatic rings. The molecule has 1 atom stereocenters. The Hall–Kier alpha value is -3.66. The normalized spacial score (nSPS) is 19.1. The first-order chi connectivity index (χ1) is 14.5. The molecule has 1 aromatic carbocycles. The molecule has 2 aliphatic rings. The van der Waals surface area contributed by atoms with Crippen molar-refractivity contribution in [2.24, 2.45) is 15.7 Å². The van der Waals surface area contributed by atoms with Crippen molar-refractivity contribution < 1.29 is 14.3 Å². The molecule has 4 rings (SSSR count). The predicted molar refractivity (Wildman–Crippen MR) is 114 cm³/mol. The first kappa shape index (κ1) is 19.6. The fourth-order valence-electron chi connectivity index (χ4n) is 3.53. The summed E-state index contributed by atoms with van der Waals surface area (Å²) in [6, 6.07) is 9.07. The minimum Gasteiger partial charge on any atom is -0.493 e. The Morgan fingerprint density at radius 3 is 2.87 bits per heavy atom. The second-order valence-corrected chi connectivity index (χ2v) is 7.13. The number of pyridine rings is 1. The van der Waals surface area contributed by atoms with Crippen molar-refractivity contribution in [3.8, 4) is 23.3 Å². The molecule has 30 heavy (non-hydrogen) atoms. The molecule has 0 bridgehead atoms. The largest absolute Gasteiger partial charge is 0.493 e. The maximum absolute atomic E-state index is 12.7. The Kier molecular flexibility index (Phi) is 5.23. The number of nitrogens with zero attached hydrogens (tertiary/aromatic N) is 3. The van der Waals surface area contributed by atoms with Crippen LogP contribution in [-0.4, -0.2) is 35.5 Å². The van der Waals surface area contributed by atoms with E-state index >= 15 is 0 Å². The minimum absolute atomic E-state index is 0.0882. The van der Waals surface area contributed by atoms with Crippen LogP contribution >= 0.6 is 0 Å². The van der Waals surface area contributed by atoms with E-state index in [4.69, 9.17) is 20.2 Å². The first-order valence-electron chi connectivity index (χ1n) is 9.71. The highest BCUT2D eigenvalue weighted by atomic mass is 16.5. The maximum atomic E-state index is 12.7. The van der Waals surface area contributed by atoms with Crippen LogP contribution < -0.4 is 15.2 Å². The molecule has 2 aliphatic heterocycles. The summed E-state index contributed by atoms with van der Waals surface area (Å²) in [6.45, 7) is 4.41. The average Bonchev–Trinajstić information content (AvgIpc) is 3.03. The van der Waals surface area contributed by atoms with Crippen LogP contribution in [0.25, 0.3) is 0 Å². The summed E-state index contributed by atoms with van der Waals surface area (Å²) < 4.78 is 11.2. The number of ether oxygens (including phenoxy) is 2. The van der Waals surface area contributed by atoms with Gasteiger partial charge in [0, 0.05) is 18.4 Å². The SMILES string of the molecule is CC#CCOc1ccc(C(=O)Cc2ccc3c(c2)C2(CCO3)N=C(C)C(N)=N2)nc1. The number of benzene rings is 1. The van der Waals surface area contributed by atoms with Crippen molar-refractivity contribution in [2.45, 2.75) is 32.4 Å². The van der Waals surface area contributed by atoms with Crippen molar-refractivity contribution in [3.05, 3.63) is 53.3 Å². The third kappa shape index (κ3) is 3.77. The molecule has 7 nitrogen and oxygen atoms in total. The molecule has 0 radical (unpaired) electrons. The zero-order chi connectivity index (χ0) is 21.1. The van der Waals surface area contributed by atoms with E-state index in [9.17, 15) is 4.79 Å². The van der Waals surface area contributed by atoms with E-state index in [0.717, 1.165) is 22.6 Å². The Morgan fingerprint density at radius 1 is 1.30 bits per heavy atom. The van der Waals surface area contributed by atoms with Gasteiger partial charge in [-0.2, -0.15) is 0 Å². The van der Waals surface area contributed by atoms with Crippen LogP contribution in [0.3, 0.4) is 0 Å². The molecule has 1 unspecified atom stereocenters. The number of amidine groups is 1. The molecule has 7 heteroatoms. The topological polar surface area (TPSA) is 99.2 Å². The lowest BCUT2D eigenvalue weighted by Crippen LogP contribution is -2.28. The number of carbonyl (C=O) groups excluding carboxylic acids is 1. The molecule has 3 heterocycles. The summed E-state index contributed by atoms with van der Waals surface area (Å²) in [6.07, 6.45) is 2.36. The van der Waals surface area contributed by atoms with Crippen molar-refractivity contribution in [2.75, 3.05) is 13.2 Å².